The molecule has 0 radical (unpaired) electrons. The zero-order chi connectivity index (χ0) is 25.8. The van der Waals surface area contributed by atoms with Gasteiger partial charge in [-0.25, -0.2) is 18.6 Å². The van der Waals surface area contributed by atoms with Crippen LogP contribution in [0.15, 0.2) is 35.0 Å². The lowest BCUT2D eigenvalue weighted by molar-refractivity contribution is 0.0134. The van der Waals surface area contributed by atoms with E-state index < -0.39 is 17.6 Å². The molecule has 9 heteroatoms. The topological polar surface area (TPSA) is 88.7 Å². The van der Waals surface area contributed by atoms with Gasteiger partial charge in [-0.3, -0.25) is 0 Å². The molecule has 1 aliphatic carbocycles. The molecule has 2 aromatic heterocycles. The van der Waals surface area contributed by atoms with Crippen LogP contribution in [0, 0.1) is 24.5 Å². The highest BCUT2D eigenvalue weighted by atomic mass is 19.1. The van der Waals surface area contributed by atoms with Gasteiger partial charge in [-0.2, -0.15) is 0 Å². The molecule has 4 atom stereocenters. The van der Waals surface area contributed by atoms with E-state index in [0.29, 0.717) is 17.2 Å². The van der Waals surface area contributed by atoms with Crippen molar-refractivity contribution in [3.05, 3.63) is 64.5 Å². The molecule has 1 saturated carbocycles. The van der Waals surface area contributed by atoms with Gasteiger partial charge in [-0.05, 0) is 68.7 Å². The molecule has 3 fully saturated rings. The summed E-state index contributed by atoms with van der Waals surface area (Å²) >= 11 is 0. The summed E-state index contributed by atoms with van der Waals surface area (Å²) in [6, 6.07) is 5.88. The SMILES string of the molecule is Cc1cc(C(=O)O)cnc1N1C2CC(OCc3c(-c4c(F)cccc4F)noc3C3CC3)CC1C(C)C2. The molecule has 1 N–H and O–H groups in total. The van der Waals surface area contributed by atoms with Crippen LogP contribution in [0.25, 0.3) is 11.3 Å². The van der Waals surface area contributed by atoms with Gasteiger partial charge in [0.1, 0.15) is 28.9 Å². The number of rotatable bonds is 7. The van der Waals surface area contributed by atoms with Crippen molar-refractivity contribution in [1.29, 1.82) is 0 Å². The van der Waals surface area contributed by atoms with Crippen molar-refractivity contribution in [2.75, 3.05) is 4.90 Å². The minimum Gasteiger partial charge on any atom is -0.478 e. The molecule has 4 unspecified atom stereocenters. The van der Waals surface area contributed by atoms with Crippen molar-refractivity contribution in [1.82, 2.24) is 10.1 Å². The Morgan fingerprint density at radius 2 is 1.97 bits per heavy atom. The van der Waals surface area contributed by atoms with Crippen molar-refractivity contribution in [3.8, 4) is 11.3 Å². The zero-order valence-electron chi connectivity index (χ0n) is 20.8. The van der Waals surface area contributed by atoms with Crippen LogP contribution in [0.3, 0.4) is 0 Å². The van der Waals surface area contributed by atoms with E-state index in [1.54, 1.807) is 6.07 Å². The van der Waals surface area contributed by atoms with Crippen molar-refractivity contribution >= 4 is 11.8 Å². The van der Waals surface area contributed by atoms with E-state index in [4.69, 9.17) is 9.26 Å². The largest absolute Gasteiger partial charge is 0.478 e. The number of carboxylic acids is 1. The summed E-state index contributed by atoms with van der Waals surface area (Å²) in [6.45, 7) is 4.31. The van der Waals surface area contributed by atoms with Crippen LogP contribution in [0.5, 0.6) is 0 Å². The van der Waals surface area contributed by atoms with E-state index in [2.05, 4.69) is 22.0 Å². The predicted molar refractivity (Wildman–Crippen MR) is 131 cm³/mol. The Bertz CT molecular complexity index is 1330. The lowest BCUT2D eigenvalue weighted by atomic mass is 9.96. The first-order valence-corrected chi connectivity index (χ1v) is 12.8. The van der Waals surface area contributed by atoms with Crippen LogP contribution < -0.4 is 4.90 Å². The third-order valence-corrected chi connectivity index (χ3v) is 8.06. The number of nitrogens with zero attached hydrogens (tertiary/aromatic N) is 3. The first kappa shape index (κ1) is 24.0. The molecular formula is C28H29F2N3O4. The number of carboxylic acid groups (broad SMARTS) is 1. The second-order valence-corrected chi connectivity index (χ2v) is 10.7. The number of aryl methyl sites for hydroxylation is 1. The van der Waals surface area contributed by atoms with E-state index in [9.17, 15) is 18.7 Å². The monoisotopic (exact) mass is 509 g/mol. The minimum atomic E-state index is -0.987. The number of hydrogen-bond donors (Lipinski definition) is 1. The van der Waals surface area contributed by atoms with Crippen LogP contribution in [-0.2, 0) is 11.3 Å². The molecule has 3 aromatic rings. The third-order valence-electron chi connectivity index (χ3n) is 8.06. The summed E-state index contributed by atoms with van der Waals surface area (Å²) in [4.78, 5) is 18.2. The maximum atomic E-state index is 14.6. The fraction of sp³-hybridized carbons (Fsp3) is 0.464. The summed E-state index contributed by atoms with van der Waals surface area (Å²) in [5.41, 5.74) is 1.67. The lowest BCUT2D eigenvalue weighted by Gasteiger charge is -2.41. The first-order valence-electron chi connectivity index (χ1n) is 12.8. The van der Waals surface area contributed by atoms with Gasteiger partial charge >= 0.3 is 5.97 Å². The molecule has 2 bridgehead atoms. The summed E-state index contributed by atoms with van der Waals surface area (Å²) in [7, 11) is 0. The molecule has 194 valence electrons. The molecule has 4 heterocycles. The van der Waals surface area contributed by atoms with Gasteiger partial charge in [-0.1, -0.05) is 18.1 Å². The number of fused-ring (bicyclic) bond motifs is 2. The second kappa shape index (κ2) is 9.20. The average Bonchev–Trinajstić information content (AvgIpc) is 3.58. The van der Waals surface area contributed by atoms with Crippen LogP contribution in [0.1, 0.15) is 72.2 Å². The molecule has 2 saturated heterocycles. The Morgan fingerprint density at radius 1 is 1.22 bits per heavy atom. The third kappa shape index (κ3) is 4.29. The highest BCUT2D eigenvalue weighted by molar-refractivity contribution is 5.87. The molecule has 7 nitrogen and oxygen atoms in total. The Hall–Kier alpha value is -3.33. The van der Waals surface area contributed by atoms with Crippen molar-refractivity contribution in [3.63, 3.8) is 0 Å². The number of anilines is 1. The number of piperidine rings is 1. The van der Waals surface area contributed by atoms with Crippen molar-refractivity contribution < 1.29 is 27.9 Å². The van der Waals surface area contributed by atoms with Crippen LogP contribution in [0.2, 0.25) is 0 Å². The molecule has 1 aromatic carbocycles. The fourth-order valence-corrected chi connectivity index (χ4v) is 6.14. The molecule has 0 spiro atoms. The normalized spacial score (nSPS) is 25.0. The molecule has 2 aliphatic heterocycles. The van der Waals surface area contributed by atoms with Crippen molar-refractivity contribution in [2.24, 2.45) is 5.92 Å². The van der Waals surface area contributed by atoms with E-state index >= 15 is 0 Å². The molecule has 6 rings (SSSR count). The van der Waals surface area contributed by atoms with E-state index in [1.165, 1.54) is 24.4 Å². The highest BCUT2D eigenvalue weighted by Gasteiger charge is 2.46. The summed E-state index contributed by atoms with van der Waals surface area (Å²) < 4.78 is 41.2. The summed E-state index contributed by atoms with van der Waals surface area (Å²) in [6.07, 6.45) is 5.89. The Morgan fingerprint density at radius 3 is 2.62 bits per heavy atom. The first-order chi connectivity index (χ1) is 17.8. The van der Waals surface area contributed by atoms with Gasteiger partial charge in [0.25, 0.3) is 0 Å². The number of halogens is 2. The van der Waals surface area contributed by atoms with Gasteiger partial charge in [0.15, 0.2) is 0 Å². The fourth-order valence-electron chi connectivity index (χ4n) is 6.14. The Kier molecular flexibility index (Phi) is 5.98. The lowest BCUT2D eigenvalue weighted by Crippen LogP contribution is -2.47. The minimum absolute atomic E-state index is 0.0323. The van der Waals surface area contributed by atoms with Gasteiger partial charge in [-0.15, -0.1) is 0 Å². The second-order valence-electron chi connectivity index (χ2n) is 10.7. The summed E-state index contributed by atoms with van der Waals surface area (Å²) in [5, 5.41) is 13.4. The number of hydrogen-bond acceptors (Lipinski definition) is 6. The zero-order valence-corrected chi connectivity index (χ0v) is 20.8. The van der Waals surface area contributed by atoms with Gasteiger partial charge in [0.05, 0.1) is 23.8 Å². The van der Waals surface area contributed by atoms with Crippen LogP contribution in [0.4, 0.5) is 14.6 Å². The molecule has 3 aliphatic rings. The Labute approximate surface area is 213 Å². The van der Waals surface area contributed by atoms with Gasteiger partial charge in [0.2, 0.25) is 0 Å². The average molecular weight is 510 g/mol. The molecule has 37 heavy (non-hydrogen) atoms. The van der Waals surface area contributed by atoms with Crippen LogP contribution in [-0.4, -0.2) is 39.4 Å². The number of pyridine rings is 1. The van der Waals surface area contributed by atoms with E-state index in [0.717, 1.165) is 43.5 Å². The van der Waals surface area contributed by atoms with E-state index in [1.807, 2.05) is 6.92 Å². The Balaban J connectivity index is 1.22. The van der Waals surface area contributed by atoms with Gasteiger partial charge < -0.3 is 19.3 Å². The standard InChI is InChI=1S/C28H29F2N3O4/c1-14-9-18-10-19(11-23(14)33(18)27-15(2)8-17(12-31-27)28(34)35)36-13-20-25(32-37-26(20)16-6-7-16)24-21(29)4-3-5-22(24)30/h3-5,8,12,14,16,18-19,23H,6-7,9-11,13H2,1-2H3,(H,34,35). The van der Waals surface area contributed by atoms with Gasteiger partial charge in [0, 0.05) is 29.8 Å². The number of aromatic nitrogens is 2. The number of benzene rings is 1. The summed E-state index contributed by atoms with van der Waals surface area (Å²) in [5.74, 6) is -0.183. The predicted octanol–water partition coefficient (Wildman–Crippen LogP) is 5.86. The maximum absolute atomic E-state index is 14.6. The quantitative estimate of drug-likeness (QED) is 0.427. The van der Waals surface area contributed by atoms with Crippen molar-refractivity contribution in [2.45, 2.75) is 76.7 Å². The number of ether oxygens (including phenoxy) is 1. The van der Waals surface area contributed by atoms with E-state index in [-0.39, 0.29) is 47.5 Å². The number of aromatic carboxylic acids is 1. The van der Waals surface area contributed by atoms with Crippen LogP contribution >= 0.6 is 0 Å². The smallest absolute Gasteiger partial charge is 0.337 e. The maximum Gasteiger partial charge on any atom is 0.337 e. The number of carbonyl (C=O) groups is 1. The molecule has 0 amide bonds. The highest BCUT2D eigenvalue weighted by Crippen LogP contribution is 2.46. The molecular weight excluding hydrogens is 480 g/mol.